The average Bonchev–Trinajstić information content (AvgIpc) is 2.34. The fourth-order valence-electron chi connectivity index (χ4n) is 3.73. The Kier molecular flexibility index (Phi) is 3.35. The lowest BCUT2D eigenvalue weighted by atomic mass is 9.68. The second-order valence-electron chi connectivity index (χ2n) is 8.03. The molecule has 1 saturated carbocycles. The number of Topliss-reactive ketones (excluding diaryl/α,β-unsaturated/α-hetero) is 2. The summed E-state index contributed by atoms with van der Waals surface area (Å²) in [6.07, 6.45) is 1.74. The number of carbonyl (C=O) groups is 2. The van der Waals surface area contributed by atoms with Crippen LogP contribution < -0.4 is 0 Å². The fourth-order valence-corrected chi connectivity index (χ4v) is 3.73. The van der Waals surface area contributed by atoms with Gasteiger partial charge in [0, 0.05) is 18.4 Å². The quantitative estimate of drug-likeness (QED) is 0.746. The molecule has 0 aromatic heterocycles. The van der Waals surface area contributed by atoms with Crippen molar-refractivity contribution in [3.8, 4) is 0 Å². The molecule has 0 saturated heterocycles. The third-order valence-corrected chi connectivity index (χ3v) is 4.56. The molecule has 3 heteroatoms. The third-order valence-electron chi connectivity index (χ3n) is 4.56. The van der Waals surface area contributed by atoms with Crippen molar-refractivity contribution in [3.63, 3.8) is 0 Å². The van der Waals surface area contributed by atoms with Gasteiger partial charge in [0.05, 0.1) is 11.3 Å². The molecule has 0 unspecified atom stereocenters. The number of ketones is 2. The largest absolute Gasteiger partial charge is 0.298 e. The number of hydrogen-bond acceptors (Lipinski definition) is 3. The maximum Gasteiger partial charge on any atom is 0.149 e. The second kappa shape index (κ2) is 4.87. The highest BCUT2D eigenvalue weighted by Gasteiger charge is 2.44. The first kappa shape index (κ1) is 15.1. The molecule has 3 nitrogen and oxygen atoms in total. The summed E-state index contributed by atoms with van der Waals surface area (Å²) in [7, 11) is 0. The molecule has 0 radical (unpaired) electrons. The van der Waals surface area contributed by atoms with Crippen LogP contribution in [-0.4, -0.2) is 22.8 Å². The van der Waals surface area contributed by atoms with E-state index in [1.54, 1.807) is 0 Å². The summed E-state index contributed by atoms with van der Waals surface area (Å²) in [6, 6.07) is 8.02. The monoisotopic (exact) mass is 297 g/mol. The van der Waals surface area contributed by atoms with Gasteiger partial charge < -0.3 is 0 Å². The van der Waals surface area contributed by atoms with Crippen LogP contribution >= 0.6 is 0 Å². The molecular weight excluding hydrogens is 274 g/mol. The minimum atomic E-state index is -0.672. The Morgan fingerprint density at radius 3 is 2.18 bits per heavy atom. The van der Waals surface area contributed by atoms with Gasteiger partial charge in [-0.3, -0.25) is 14.6 Å². The van der Waals surface area contributed by atoms with E-state index in [0.717, 1.165) is 12.0 Å². The van der Waals surface area contributed by atoms with E-state index in [2.05, 4.69) is 19.9 Å². The van der Waals surface area contributed by atoms with Gasteiger partial charge in [0.1, 0.15) is 17.5 Å². The summed E-state index contributed by atoms with van der Waals surface area (Å²) in [4.78, 5) is 30.1. The van der Waals surface area contributed by atoms with Gasteiger partial charge in [0.25, 0.3) is 0 Å². The van der Waals surface area contributed by atoms with Gasteiger partial charge in [-0.25, -0.2) is 0 Å². The van der Waals surface area contributed by atoms with Crippen molar-refractivity contribution in [1.82, 2.24) is 0 Å². The Hall–Kier alpha value is -1.77. The molecule has 1 aliphatic heterocycles. The number of benzene rings is 1. The van der Waals surface area contributed by atoms with E-state index in [-0.39, 0.29) is 22.5 Å². The zero-order chi connectivity index (χ0) is 16.1. The molecule has 0 N–H and O–H groups in total. The van der Waals surface area contributed by atoms with Crippen molar-refractivity contribution < 1.29 is 9.59 Å². The maximum absolute atomic E-state index is 12.6. The number of aliphatic imine (C=N–C) groups is 1. The van der Waals surface area contributed by atoms with Crippen LogP contribution in [0.15, 0.2) is 29.3 Å². The van der Waals surface area contributed by atoms with Crippen molar-refractivity contribution in [2.75, 3.05) is 0 Å². The normalized spacial score (nSPS) is 23.9. The highest BCUT2D eigenvalue weighted by molar-refractivity contribution is 6.27. The lowest BCUT2D eigenvalue weighted by molar-refractivity contribution is -0.136. The van der Waals surface area contributed by atoms with Gasteiger partial charge >= 0.3 is 0 Å². The molecule has 116 valence electrons. The van der Waals surface area contributed by atoms with Crippen LogP contribution in [0.4, 0.5) is 0 Å². The summed E-state index contributed by atoms with van der Waals surface area (Å²) in [5, 5.41) is 0. The molecule has 0 atom stereocenters. The van der Waals surface area contributed by atoms with Gasteiger partial charge in [-0.05, 0) is 31.2 Å². The van der Waals surface area contributed by atoms with E-state index in [9.17, 15) is 9.59 Å². The van der Waals surface area contributed by atoms with Crippen LogP contribution in [0, 0.1) is 11.3 Å². The predicted molar refractivity (Wildman–Crippen MR) is 87.3 cm³/mol. The highest BCUT2D eigenvalue weighted by Crippen LogP contribution is 2.38. The summed E-state index contributed by atoms with van der Waals surface area (Å²) in [5.41, 5.74) is 2.36. The fraction of sp³-hybridized carbons (Fsp3) is 0.526. The van der Waals surface area contributed by atoms with Gasteiger partial charge in [-0.1, -0.05) is 38.1 Å². The van der Waals surface area contributed by atoms with E-state index in [0.29, 0.717) is 18.6 Å². The lowest BCUT2D eigenvalue weighted by Crippen LogP contribution is -2.44. The third kappa shape index (κ3) is 2.65. The Morgan fingerprint density at radius 2 is 1.55 bits per heavy atom. The lowest BCUT2D eigenvalue weighted by Gasteiger charge is -2.36. The molecule has 3 rings (SSSR count). The smallest absolute Gasteiger partial charge is 0.149 e. The van der Waals surface area contributed by atoms with Gasteiger partial charge in [-0.2, -0.15) is 0 Å². The van der Waals surface area contributed by atoms with Crippen LogP contribution in [0.3, 0.4) is 0 Å². The molecule has 1 fully saturated rings. The summed E-state index contributed by atoms with van der Waals surface area (Å²) in [6.45, 7) is 8.09. The molecule has 0 amide bonds. The zero-order valence-electron chi connectivity index (χ0n) is 13.8. The van der Waals surface area contributed by atoms with Crippen molar-refractivity contribution in [2.24, 2.45) is 16.3 Å². The Morgan fingerprint density at radius 1 is 0.955 bits per heavy atom. The maximum atomic E-state index is 12.6. The molecule has 2 aliphatic rings. The van der Waals surface area contributed by atoms with Gasteiger partial charge in [0.15, 0.2) is 0 Å². The molecule has 1 aromatic carbocycles. The Labute approximate surface area is 131 Å². The second-order valence-corrected chi connectivity index (χ2v) is 8.03. The number of rotatable bonds is 1. The number of carbonyl (C=O) groups excluding carboxylic acids is 2. The van der Waals surface area contributed by atoms with Crippen molar-refractivity contribution in [2.45, 2.75) is 52.5 Å². The molecule has 1 aromatic rings. The summed E-state index contributed by atoms with van der Waals surface area (Å²) < 4.78 is 0. The zero-order valence-corrected chi connectivity index (χ0v) is 13.8. The molecular formula is C19H23NO2. The molecule has 0 bridgehead atoms. The van der Waals surface area contributed by atoms with Crippen LogP contribution in [0.2, 0.25) is 0 Å². The van der Waals surface area contributed by atoms with Crippen LogP contribution in [0.1, 0.15) is 51.7 Å². The highest BCUT2D eigenvalue weighted by atomic mass is 16.2. The Bertz CT molecular complexity index is 662. The number of fused-ring (bicyclic) bond motifs is 1. The van der Waals surface area contributed by atoms with Crippen LogP contribution in [0.5, 0.6) is 0 Å². The van der Waals surface area contributed by atoms with E-state index in [1.165, 1.54) is 5.56 Å². The Balaban J connectivity index is 2.08. The molecule has 1 heterocycles. The minimum Gasteiger partial charge on any atom is -0.298 e. The summed E-state index contributed by atoms with van der Waals surface area (Å²) >= 11 is 0. The summed E-state index contributed by atoms with van der Waals surface area (Å²) in [5.74, 6) is -0.631. The van der Waals surface area contributed by atoms with Crippen molar-refractivity contribution in [1.29, 1.82) is 0 Å². The SMILES string of the molecule is CC1(C)CC(=O)C(C2=NC(C)(C)Cc3ccccc32)C(=O)C1. The van der Waals surface area contributed by atoms with E-state index in [1.807, 2.05) is 32.0 Å². The van der Waals surface area contributed by atoms with E-state index >= 15 is 0 Å². The van der Waals surface area contributed by atoms with E-state index < -0.39 is 5.92 Å². The average molecular weight is 297 g/mol. The predicted octanol–water partition coefficient (Wildman–Crippen LogP) is 3.38. The van der Waals surface area contributed by atoms with Crippen LogP contribution in [-0.2, 0) is 16.0 Å². The standard InChI is InChI=1S/C19H23NO2/c1-18(2)10-14(21)16(15(22)11-18)17-13-8-6-5-7-12(13)9-19(3,4)20-17/h5-8,16H,9-11H2,1-4H3. The van der Waals surface area contributed by atoms with Gasteiger partial charge in [0.2, 0.25) is 0 Å². The van der Waals surface area contributed by atoms with E-state index in [4.69, 9.17) is 4.99 Å². The topological polar surface area (TPSA) is 46.5 Å². The molecule has 0 spiro atoms. The number of nitrogens with zero attached hydrogens (tertiary/aromatic N) is 1. The number of hydrogen-bond donors (Lipinski definition) is 0. The first-order valence-electron chi connectivity index (χ1n) is 7.92. The first-order chi connectivity index (χ1) is 10.2. The molecule has 22 heavy (non-hydrogen) atoms. The molecule has 1 aliphatic carbocycles. The van der Waals surface area contributed by atoms with Crippen molar-refractivity contribution in [3.05, 3.63) is 35.4 Å². The van der Waals surface area contributed by atoms with Gasteiger partial charge in [-0.15, -0.1) is 0 Å². The van der Waals surface area contributed by atoms with Crippen molar-refractivity contribution >= 4 is 17.3 Å². The minimum absolute atomic E-state index is 0.0208. The first-order valence-corrected chi connectivity index (χ1v) is 7.92. The van der Waals surface area contributed by atoms with Crippen LogP contribution in [0.25, 0.3) is 0 Å².